The molecule has 0 unspecified atom stereocenters. The molecule has 1 fully saturated rings. The van der Waals surface area contributed by atoms with E-state index in [0.29, 0.717) is 6.54 Å². The summed E-state index contributed by atoms with van der Waals surface area (Å²) in [5.41, 5.74) is 1.47. The predicted octanol–water partition coefficient (Wildman–Crippen LogP) is 1.38. The van der Waals surface area contributed by atoms with Gasteiger partial charge in [0.05, 0.1) is 22.3 Å². The van der Waals surface area contributed by atoms with E-state index in [4.69, 9.17) is 0 Å². The third-order valence-electron chi connectivity index (χ3n) is 3.27. The van der Waals surface area contributed by atoms with E-state index in [-0.39, 0.29) is 0 Å². The highest BCUT2D eigenvalue weighted by Gasteiger charge is 2.30. The van der Waals surface area contributed by atoms with E-state index in [1.807, 2.05) is 18.5 Å². The monoisotopic (exact) mass is 287 g/mol. The van der Waals surface area contributed by atoms with Gasteiger partial charge in [0.25, 0.3) is 0 Å². The molecule has 0 radical (unpaired) electrons. The zero-order valence-corrected chi connectivity index (χ0v) is 11.3. The fourth-order valence-electron chi connectivity index (χ4n) is 2.16. The number of halogens is 1. The Morgan fingerprint density at radius 3 is 2.56 bits per heavy atom. The summed E-state index contributed by atoms with van der Waals surface area (Å²) in [7, 11) is 0. The molecule has 5 heteroatoms. The number of hydrogen-bond acceptors (Lipinski definition) is 3. The molecule has 16 heavy (non-hydrogen) atoms. The van der Waals surface area contributed by atoms with Gasteiger partial charge < -0.3 is 10.4 Å². The largest absolute Gasteiger partial charge is 0.388 e. The van der Waals surface area contributed by atoms with Crippen molar-refractivity contribution in [3.63, 3.8) is 0 Å². The molecule has 0 spiro atoms. The topological polar surface area (TPSA) is 50.1 Å². The molecular weight excluding hydrogens is 270 g/mol. The van der Waals surface area contributed by atoms with Crippen molar-refractivity contribution in [3.05, 3.63) is 15.9 Å². The highest BCUT2D eigenvalue weighted by molar-refractivity contribution is 9.10. The Kier molecular flexibility index (Phi) is 3.37. The summed E-state index contributed by atoms with van der Waals surface area (Å²) in [6.45, 7) is 6.36. The number of nitrogens with zero attached hydrogens (tertiary/aromatic N) is 2. The highest BCUT2D eigenvalue weighted by atomic mass is 79.9. The molecule has 0 amide bonds. The number of rotatable bonds is 2. The van der Waals surface area contributed by atoms with E-state index in [9.17, 15) is 5.11 Å². The van der Waals surface area contributed by atoms with Crippen LogP contribution in [0.2, 0.25) is 0 Å². The van der Waals surface area contributed by atoms with Gasteiger partial charge in [-0.3, -0.25) is 4.68 Å². The van der Waals surface area contributed by atoms with Gasteiger partial charge in [0.15, 0.2) is 0 Å². The van der Waals surface area contributed by atoms with Gasteiger partial charge in [-0.1, -0.05) is 0 Å². The minimum atomic E-state index is -0.603. The van der Waals surface area contributed by atoms with Gasteiger partial charge in [0.2, 0.25) is 0 Å². The average molecular weight is 288 g/mol. The molecule has 2 N–H and O–H groups in total. The van der Waals surface area contributed by atoms with E-state index >= 15 is 0 Å². The lowest BCUT2D eigenvalue weighted by Gasteiger charge is -2.32. The van der Waals surface area contributed by atoms with Crippen molar-refractivity contribution >= 4 is 15.9 Å². The molecule has 0 aliphatic carbocycles. The Bertz CT molecular complexity index is 383. The number of aryl methyl sites for hydroxylation is 1. The normalized spacial score (nSPS) is 20.0. The second-order valence-corrected chi connectivity index (χ2v) is 5.41. The minimum absolute atomic E-state index is 0.590. The number of aliphatic hydroxyl groups is 1. The third kappa shape index (κ3) is 2.31. The van der Waals surface area contributed by atoms with Crippen LogP contribution in [-0.2, 0) is 6.54 Å². The second-order valence-electron chi connectivity index (χ2n) is 4.62. The van der Waals surface area contributed by atoms with Gasteiger partial charge in [-0.25, -0.2) is 0 Å². The van der Waals surface area contributed by atoms with Crippen molar-refractivity contribution in [2.24, 2.45) is 0 Å². The van der Waals surface area contributed by atoms with Crippen LogP contribution in [0.5, 0.6) is 0 Å². The number of piperidine rings is 1. The maximum atomic E-state index is 10.4. The van der Waals surface area contributed by atoms with Crippen LogP contribution in [0.25, 0.3) is 0 Å². The van der Waals surface area contributed by atoms with Crippen LogP contribution in [0, 0.1) is 13.8 Å². The molecule has 0 bridgehead atoms. The zero-order chi connectivity index (χ0) is 11.8. The number of aromatic nitrogens is 2. The molecule has 2 heterocycles. The predicted molar refractivity (Wildman–Crippen MR) is 66.5 cm³/mol. The van der Waals surface area contributed by atoms with E-state index in [1.165, 1.54) is 0 Å². The fourth-order valence-corrected chi connectivity index (χ4v) is 2.44. The van der Waals surface area contributed by atoms with Gasteiger partial charge in [0.1, 0.15) is 0 Å². The van der Waals surface area contributed by atoms with Gasteiger partial charge in [-0.05, 0) is 55.7 Å². The smallest absolute Gasteiger partial charge is 0.0867 e. The highest BCUT2D eigenvalue weighted by Crippen LogP contribution is 2.25. The summed E-state index contributed by atoms with van der Waals surface area (Å²) < 4.78 is 2.95. The Hall–Kier alpha value is -0.390. The van der Waals surface area contributed by atoms with Crippen molar-refractivity contribution in [1.82, 2.24) is 15.1 Å². The van der Waals surface area contributed by atoms with Crippen LogP contribution in [0.3, 0.4) is 0 Å². The van der Waals surface area contributed by atoms with Crippen molar-refractivity contribution in [2.45, 2.75) is 38.8 Å². The van der Waals surface area contributed by atoms with Crippen molar-refractivity contribution in [2.75, 3.05) is 13.1 Å². The fraction of sp³-hybridized carbons (Fsp3) is 0.727. The molecule has 1 aromatic rings. The SMILES string of the molecule is Cc1nn(CC2(O)CCNCC2)c(C)c1Br. The summed E-state index contributed by atoms with van der Waals surface area (Å²) in [5, 5.41) is 18.1. The first-order valence-electron chi connectivity index (χ1n) is 5.64. The van der Waals surface area contributed by atoms with E-state index < -0.39 is 5.60 Å². The minimum Gasteiger partial charge on any atom is -0.388 e. The van der Waals surface area contributed by atoms with E-state index in [2.05, 4.69) is 26.3 Å². The first kappa shape index (κ1) is 12.1. The Labute approximate surface area is 104 Å². The quantitative estimate of drug-likeness (QED) is 0.864. The lowest BCUT2D eigenvalue weighted by Crippen LogP contribution is -2.45. The standard InChI is InChI=1S/C11H18BrN3O/c1-8-10(12)9(2)15(14-8)7-11(16)3-5-13-6-4-11/h13,16H,3-7H2,1-2H3. The van der Waals surface area contributed by atoms with Crippen molar-refractivity contribution in [1.29, 1.82) is 0 Å². The summed E-state index contributed by atoms with van der Waals surface area (Å²) in [5.74, 6) is 0. The van der Waals surface area contributed by atoms with Gasteiger partial charge >= 0.3 is 0 Å². The van der Waals surface area contributed by atoms with Crippen molar-refractivity contribution < 1.29 is 5.11 Å². The molecule has 0 atom stereocenters. The van der Waals surface area contributed by atoms with Crippen LogP contribution in [0.4, 0.5) is 0 Å². The van der Waals surface area contributed by atoms with Gasteiger partial charge in [0, 0.05) is 5.69 Å². The molecule has 2 rings (SSSR count). The summed E-state index contributed by atoms with van der Waals surface area (Å²) >= 11 is 3.51. The number of hydrogen-bond donors (Lipinski definition) is 2. The maximum Gasteiger partial charge on any atom is 0.0867 e. The summed E-state index contributed by atoms with van der Waals surface area (Å²) in [4.78, 5) is 0. The van der Waals surface area contributed by atoms with Crippen LogP contribution in [-0.4, -0.2) is 33.6 Å². The second kappa shape index (κ2) is 4.47. The zero-order valence-electron chi connectivity index (χ0n) is 9.76. The maximum absolute atomic E-state index is 10.4. The van der Waals surface area contributed by atoms with Crippen LogP contribution < -0.4 is 5.32 Å². The summed E-state index contributed by atoms with van der Waals surface area (Å²) in [6.07, 6.45) is 1.59. The average Bonchev–Trinajstić information content (AvgIpc) is 2.47. The van der Waals surface area contributed by atoms with Crippen molar-refractivity contribution in [3.8, 4) is 0 Å². The number of nitrogens with one attached hydrogen (secondary N) is 1. The molecule has 1 aromatic heterocycles. The molecule has 90 valence electrons. The summed E-state index contributed by atoms with van der Waals surface area (Å²) in [6, 6.07) is 0. The molecule has 1 saturated heterocycles. The molecule has 1 aliphatic heterocycles. The molecule has 0 aromatic carbocycles. The third-order valence-corrected chi connectivity index (χ3v) is 4.42. The van der Waals surface area contributed by atoms with Crippen LogP contribution in [0.1, 0.15) is 24.2 Å². The molecule has 1 aliphatic rings. The first-order valence-corrected chi connectivity index (χ1v) is 6.44. The van der Waals surface area contributed by atoms with Gasteiger partial charge in [-0.2, -0.15) is 5.10 Å². The Morgan fingerprint density at radius 1 is 1.44 bits per heavy atom. The molecule has 0 saturated carbocycles. The first-order chi connectivity index (χ1) is 7.52. The molecular formula is C11H18BrN3O. The lowest BCUT2D eigenvalue weighted by atomic mass is 9.92. The lowest BCUT2D eigenvalue weighted by molar-refractivity contribution is -0.00878. The van der Waals surface area contributed by atoms with E-state index in [0.717, 1.165) is 41.8 Å². The van der Waals surface area contributed by atoms with Crippen LogP contribution in [0.15, 0.2) is 4.47 Å². The Morgan fingerprint density at radius 2 is 2.06 bits per heavy atom. The van der Waals surface area contributed by atoms with E-state index in [1.54, 1.807) is 0 Å². The van der Waals surface area contributed by atoms with Crippen LogP contribution >= 0.6 is 15.9 Å². The van der Waals surface area contributed by atoms with Gasteiger partial charge in [-0.15, -0.1) is 0 Å². The Balaban J connectivity index is 2.16. The molecule has 4 nitrogen and oxygen atoms in total.